The maximum absolute atomic E-state index is 13.0. The van der Waals surface area contributed by atoms with Gasteiger partial charge in [-0.25, -0.2) is 24.7 Å². The van der Waals surface area contributed by atoms with E-state index in [1.54, 1.807) is 96.8 Å². The van der Waals surface area contributed by atoms with Crippen LogP contribution in [-0.4, -0.2) is 166 Å². The molecule has 117 heavy (non-hydrogen) atoms. The zero-order valence-corrected chi connectivity index (χ0v) is 64.5. The lowest BCUT2D eigenvalue weighted by molar-refractivity contribution is -0.121. The van der Waals surface area contributed by atoms with Gasteiger partial charge in [0.25, 0.3) is 35.4 Å². The summed E-state index contributed by atoms with van der Waals surface area (Å²) in [5, 5.41) is 45.0. The van der Waals surface area contributed by atoms with Crippen molar-refractivity contribution in [3.8, 4) is 0 Å². The number of benzene rings is 4. The highest BCUT2D eigenvalue weighted by Crippen LogP contribution is 2.57. The fourth-order valence-corrected chi connectivity index (χ4v) is 16.4. The van der Waals surface area contributed by atoms with E-state index in [1.807, 2.05) is 164 Å². The molecule has 0 radical (unpaired) electrons. The third-order valence-electron chi connectivity index (χ3n) is 22.9. The number of hydrogen-bond acceptors (Lipinski definition) is 17. The summed E-state index contributed by atoms with van der Waals surface area (Å²) >= 11 is 0. The van der Waals surface area contributed by atoms with Gasteiger partial charge in [-0.3, -0.25) is 73.6 Å². The van der Waals surface area contributed by atoms with Crippen LogP contribution < -0.4 is 41.3 Å². The molecule has 4 fully saturated rings. The number of carbonyl (C=O) groups is 8. The van der Waals surface area contributed by atoms with E-state index in [2.05, 4.69) is 82.7 Å². The Morgan fingerprint density at radius 2 is 0.607 bits per heavy atom. The molecule has 7 amide bonds. The average Bonchev–Trinajstić information content (AvgIpc) is 1.61. The average molecular weight is 1570 g/mol. The van der Waals surface area contributed by atoms with Crippen LogP contribution >= 0.6 is 0 Å². The second-order valence-corrected chi connectivity index (χ2v) is 30.7. The van der Waals surface area contributed by atoms with Crippen LogP contribution in [0.3, 0.4) is 0 Å². The van der Waals surface area contributed by atoms with Gasteiger partial charge in [0, 0.05) is 101 Å². The molecule has 2 unspecified atom stereocenters. The number of nitrogens with zero attached hydrogens (tertiary/aromatic N) is 12. The summed E-state index contributed by atoms with van der Waals surface area (Å²) in [7, 11) is 6.89. The van der Waals surface area contributed by atoms with Gasteiger partial charge < -0.3 is 26.8 Å². The Morgan fingerprint density at radius 3 is 0.880 bits per heavy atom. The predicted molar refractivity (Wildman–Crippen MR) is 434 cm³/mol. The van der Waals surface area contributed by atoms with Gasteiger partial charge in [0.1, 0.15) is 58.5 Å². The molecule has 4 aliphatic heterocycles. The van der Waals surface area contributed by atoms with E-state index in [9.17, 15) is 38.4 Å². The van der Waals surface area contributed by atoms with Crippen molar-refractivity contribution in [2.45, 2.75) is 99.2 Å². The summed E-state index contributed by atoms with van der Waals surface area (Å²) in [6.07, 6.45) is 13.1. The molecule has 12 heterocycles. The Bertz CT molecular complexity index is 5270. The van der Waals surface area contributed by atoms with Crippen LogP contribution in [0.15, 0.2) is 219 Å². The Hall–Kier alpha value is -14.0. The lowest BCUT2D eigenvalue weighted by atomic mass is 10.1. The SMILES string of the molecule is CN1C(=O)[C@@H](N)[C@H]2CC2c2cccnc21.CN1C(=O)[C@@H](NC(=O)c2cc(Cc3ccccc3)[nH]n2)[C@H]2CC2c2cccnc21.CN1C(=O)[C@@H](NC(=O)c2cc(Cc3ccccc3)[nH]n2)[C@H]2C[C@H]2c2cccnc21.CN1C(=O)[C@H](NC(=O)c2cc(Cc3ccccc3)[nH]n2)[C@@H]2C[C@@H]2c2cccnc21.O=C(O)c1cc(Cc2ccccc2)[nH]n1. The van der Waals surface area contributed by atoms with Gasteiger partial charge in [-0.2, -0.15) is 20.4 Å². The molecule has 0 bridgehead atoms. The molecule has 29 heteroatoms. The predicted octanol–water partition coefficient (Wildman–Crippen LogP) is 9.01. The number of fused-ring (bicyclic) bond motifs is 12. The number of aromatic nitrogens is 12. The largest absolute Gasteiger partial charge is 0.476 e. The Morgan fingerprint density at radius 1 is 0.359 bits per heavy atom. The Balaban J connectivity index is 0.000000112. The van der Waals surface area contributed by atoms with Gasteiger partial charge >= 0.3 is 5.97 Å². The van der Waals surface area contributed by atoms with E-state index in [1.165, 1.54) is 5.56 Å². The number of hydrogen-bond donors (Lipinski definition) is 9. The van der Waals surface area contributed by atoms with Crippen LogP contribution in [0.25, 0.3) is 0 Å². The molecule has 4 saturated carbocycles. The van der Waals surface area contributed by atoms with E-state index in [4.69, 9.17) is 10.8 Å². The number of H-pyrrole nitrogens is 4. The topological polar surface area (TPSA) is 398 Å². The van der Waals surface area contributed by atoms with Crippen molar-refractivity contribution in [3.63, 3.8) is 0 Å². The number of pyridine rings is 4. The highest BCUT2D eigenvalue weighted by atomic mass is 16.4. The van der Waals surface area contributed by atoms with E-state index in [0.29, 0.717) is 72.1 Å². The van der Waals surface area contributed by atoms with E-state index < -0.39 is 24.1 Å². The number of likely N-dealkylation sites (N-methyl/N-ethyl adjacent to an activating group) is 4. The van der Waals surface area contributed by atoms with Crippen LogP contribution in [0.2, 0.25) is 0 Å². The van der Waals surface area contributed by atoms with Crippen molar-refractivity contribution < 1.29 is 43.5 Å². The van der Waals surface area contributed by atoms with Crippen molar-refractivity contribution in [1.29, 1.82) is 0 Å². The minimum absolute atomic E-state index is 0.0139. The molecule has 8 aliphatic rings. The highest BCUT2D eigenvalue weighted by Gasteiger charge is 2.56. The minimum atomic E-state index is -1.01. The standard InChI is InChI=1S/3C22H21N5O2.C11H13N3O.C11H10N2O2/c3*1-27-20-15(8-5-9-23-20)16-12-17(16)19(22(27)29)24-21(28)18-11-14(25-26-18)10-13-6-3-2-4-7-13;1-14-10-6(3-2-4-13-10)7-5-8(7)9(12)11(14)15;14-11(15)10-7-9(12-13-10)6-8-4-2-1-3-5-8/h3*2-9,11,16-17,19H,10,12H2,1H3,(H,24,28)(H,25,26);2-4,7-9H,5,12H2,1H3;1-5,7H,6H2,(H,12,13)(H,14,15)/t16?,17-,19-;2*16-,17-,19-;7?,8-,9-;/m0100./s1. The van der Waals surface area contributed by atoms with Crippen molar-refractivity contribution in [2.24, 2.45) is 29.4 Å². The molecule has 592 valence electrons. The normalized spacial score (nSPS) is 22.2. The molecule has 0 saturated heterocycles. The van der Waals surface area contributed by atoms with E-state index >= 15 is 0 Å². The molecular formula is C88H86N20O9. The maximum Gasteiger partial charge on any atom is 0.356 e. The van der Waals surface area contributed by atoms with Gasteiger partial charge in [-0.05, 0) is 166 Å². The fourth-order valence-electron chi connectivity index (χ4n) is 16.4. The summed E-state index contributed by atoms with van der Waals surface area (Å²) in [5.41, 5.74) is 19.2. The molecule has 12 atom stereocenters. The fraction of sp³-hybridized carbons (Fsp3) is 0.273. The van der Waals surface area contributed by atoms with Crippen LogP contribution in [0.4, 0.5) is 23.3 Å². The minimum Gasteiger partial charge on any atom is -0.476 e. The monoisotopic (exact) mass is 1570 g/mol. The van der Waals surface area contributed by atoms with Crippen LogP contribution in [-0.2, 0) is 44.9 Å². The Kier molecular flexibility index (Phi) is 21.9. The third kappa shape index (κ3) is 16.9. The van der Waals surface area contributed by atoms with Crippen molar-refractivity contribution in [3.05, 3.63) is 309 Å². The number of carboxylic acids is 1. The number of nitrogens with two attached hydrogens (primary N) is 1. The number of aromatic carboxylic acids is 1. The second-order valence-electron chi connectivity index (χ2n) is 30.7. The van der Waals surface area contributed by atoms with Crippen LogP contribution in [0.1, 0.15) is 159 Å². The molecule has 0 spiro atoms. The number of amides is 7. The zero-order chi connectivity index (χ0) is 81.1. The van der Waals surface area contributed by atoms with Crippen molar-refractivity contribution in [1.82, 2.24) is 76.7 Å². The first-order valence-electron chi connectivity index (χ1n) is 38.9. The van der Waals surface area contributed by atoms with E-state index in [-0.39, 0.29) is 88.6 Å². The van der Waals surface area contributed by atoms with Gasteiger partial charge in [0.15, 0.2) is 5.69 Å². The first-order valence-corrected chi connectivity index (χ1v) is 38.9. The molecule has 8 aromatic heterocycles. The van der Waals surface area contributed by atoms with Gasteiger partial charge in [-0.15, -0.1) is 0 Å². The maximum atomic E-state index is 13.0. The number of carbonyl (C=O) groups excluding carboxylic acids is 7. The van der Waals surface area contributed by atoms with Gasteiger partial charge in [0.2, 0.25) is 5.91 Å². The smallest absolute Gasteiger partial charge is 0.356 e. The zero-order valence-electron chi connectivity index (χ0n) is 64.5. The number of rotatable bonds is 15. The van der Waals surface area contributed by atoms with Crippen LogP contribution in [0.5, 0.6) is 0 Å². The third-order valence-corrected chi connectivity index (χ3v) is 22.9. The number of anilines is 4. The lowest BCUT2D eigenvalue weighted by Gasteiger charge is -2.22. The second kappa shape index (κ2) is 33.2. The van der Waals surface area contributed by atoms with Gasteiger partial charge in [-0.1, -0.05) is 146 Å². The Labute approximate surface area is 672 Å². The van der Waals surface area contributed by atoms with E-state index in [0.717, 1.165) is 93.2 Å². The molecule has 20 rings (SSSR count). The summed E-state index contributed by atoms with van der Waals surface area (Å²) in [6, 6.07) is 60.2. The molecule has 29 nitrogen and oxygen atoms in total. The molecule has 10 N–H and O–H groups in total. The van der Waals surface area contributed by atoms with Gasteiger partial charge in [0.05, 0.1) is 6.04 Å². The van der Waals surface area contributed by atoms with Crippen molar-refractivity contribution >= 4 is 70.6 Å². The van der Waals surface area contributed by atoms with Crippen LogP contribution in [0, 0.1) is 23.7 Å². The molecule has 4 aliphatic carbocycles. The number of carboxylic acid groups (broad SMARTS) is 1. The highest BCUT2D eigenvalue weighted by molar-refractivity contribution is 6.05. The summed E-state index contributed by atoms with van der Waals surface area (Å²) in [5.74, 6) is 2.23. The van der Waals surface area contributed by atoms with Crippen molar-refractivity contribution in [2.75, 3.05) is 47.8 Å². The lowest BCUT2D eigenvalue weighted by Crippen LogP contribution is -2.48. The number of aromatic amines is 4. The first-order chi connectivity index (χ1) is 56.8. The number of nitrogens with one attached hydrogen (secondary N) is 7. The first kappa shape index (κ1) is 77.0. The summed E-state index contributed by atoms with van der Waals surface area (Å²) < 4.78 is 0. The summed E-state index contributed by atoms with van der Waals surface area (Å²) in [6.45, 7) is 0. The summed E-state index contributed by atoms with van der Waals surface area (Å²) in [4.78, 5) is 124. The molecule has 12 aromatic rings. The quantitative estimate of drug-likeness (QED) is 0.0462. The molecular weight excluding hydrogens is 1480 g/mol. The molecule has 4 aromatic carbocycles.